The first kappa shape index (κ1) is 9.49. The number of fused-ring (bicyclic) bond motifs is 1. The van der Waals surface area contributed by atoms with Crippen molar-refractivity contribution in [3.8, 4) is 0 Å². The second-order valence-corrected chi connectivity index (χ2v) is 3.62. The van der Waals surface area contributed by atoms with E-state index in [1.54, 1.807) is 6.20 Å². The van der Waals surface area contributed by atoms with Crippen LogP contribution in [0.25, 0.3) is 11.0 Å². The highest BCUT2D eigenvalue weighted by molar-refractivity contribution is 6.34. The SMILES string of the molecule is NCCCc1cc(Cl)c2oncc2c1. The molecule has 0 aliphatic heterocycles. The molecule has 1 aromatic carbocycles. The van der Waals surface area contributed by atoms with Gasteiger partial charge in [0.1, 0.15) is 0 Å². The maximum Gasteiger partial charge on any atom is 0.185 e. The zero-order valence-corrected chi connectivity index (χ0v) is 8.42. The zero-order valence-electron chi connectivity index (χ0n) is 7.66. The van der Waals surface area contributed by atoms with Gasteiger partial charge < -0.3 is 10.3 Å². The standard InChI is InChI=1S/C10H11ClN2O/c11-9-5-7(2-1-3-12)4-8-6-13-14-10(8)9/h4-6H,1-3,12H2. The van der Waals surface area contributed by atoms with E-state index in [0.717, 1.165) is 18.2 Å². The van der Waals surface area contributed by atoms with Crippen molar-refractivity contribution in [2.24, 2.45) is 5.73 Å². The van der Waals surface area contributed by atoms with Crippen LogP contribution < -0.4 is 5.73 Å². The monoisotopic (exact) mass is 210 g/mol. The van der Waals surface area contributed by atoms with Gasteiger partial charge in [-0.2, -0.15) is 0 Å². The second kappa shape index (κ2) is 3.98. The molecule has 0 atom stereocenters. The molecule has 0 aliphatic carbocycles. The predicted octanol–water partition coefficient (Wildman–Crippen LogP) is 2.37. The highest BCUT2D eigenvalue weighted by Gasteiger charge is 2.05. The summed E-state index contributed by atoms with van der Waals surface area (Å²) in [5, 5.41) is 5.27. The van der Waals surface area contributed by atoms with E-state index in [1.165, 1.54) is 5.56 Å². The molecule has 0 saturated heterocycles. The summed E-state index contributed by atoms with van der Waals surface area (Å²) < 4.78 is 5.00. The topological polar surface area (TPSA) is 52.0 Å². The molecule has 0 bridgehead atoms. The maximum atomic E-state index is 6.02. The van der Waals surface area contributed by atoms with E-state index >= 15 is 0 Å². The Labute approximate surface area is 86.8 Å². The van der Waals surface area contributed by atoms with Crippen molar-refractivity contribution in [2.45, 2.75) is 12.8 Å². The van der Waals surface area contributed by atoms with Gasteiger partial charge in [0, 0.05) is 5.39 Å². The van der Waals surface area contributed by atoms with Gasteiger partial charge in [0.2, 0.25) is 0 Å². The van der Waals surface area contributed by atoms with Crippen molar-refractivity contribution >= 4 is 22.6 Å². The van der Waals surface area contributed by atoms with E-state index in [-0.39, 0.29) is 0 Å². The fraction of sp³-hybridized carbons (Fsp3) is 0.300. The van der Waals surface area contributed by atoms with E-state index in [1.807, 2.05) is 12.1 Å². The summed E-state index contributed by atoms with van der Waals surface area (Å²) in [5.74, 6) is 0. The Bertz CT molecular complexity index is 439. The largest absolute Gasteiger partial charge is 0.355 e. The third kappa shape index (κ3) is 1.74. The van der Waals surface area contributed by atoms with Crippen molar-refractivity contribution < 1.29 is 4.52 Å². The van der Waals surface area contributed by atoms with Gasteiger partial charge in [-0.3, -0.25) is 0 Å². The number of aromatic nitrogens is 1. The first-order valence-corrected chi connectivity index (χ1v) is 4.92. The van der Waals surface area contributed by atoms with E-state index in [9.17, 15) is 0 Å². The van der Waals surface area contributed by atoms with Crippen LogP contribution in [0.2, 0.25) is 5.02 Å². The molecule has 1 heterocycles. The Morgan fingerprint density at radius 1 is 1.43 bits per heavy atom. The third-order valence-corrected chi connectivity index (χ3v) is 2.42. The fourth-order valence-electron chi connectivity index (χ4n) is 1.45. The molecule has 0 spiro atoms. The molecule has 2 N–H and O–H groups in total. The lowest BCUT2D eigenvalue weighted by molar-refractivity contribution is 0.456. The first-order valence-electron chi connectivity index (χ1n) is 4.54. The molecule has 3 nitrogen and oxygen atoms in total. The summed E-state index contributed by atoms with van der Waals surface area (Å²) >= 11 is 6.02. The molecule has 0 radical (unpaired) electrons. The summed E-state index contributed by atoms with van der Waals surface area (Å²) in [5.41, 5.74) is 7.28. The van der Waals surface area contributed by atoms with Crippen molar-refractivity contribution in [2.75, 3.05) is 6.54 Å². The minimum absolute atomic E-state index is 0.618. The Hall–Kier alpha value is -1.06. The quantitative estimate of drug-likeness (QED) is 0.846. The average Bonchev–Trinajstić information content (AvgIpc) is 2.63. The number of hydrogen-bond donors (Lipinski definition) is 1. The van der Waals surface area contributed by atoms with Crippen LogP contribution >= 0.6 is 11.6 Å². The van der Waals surface area contributed by atoms with E-state index in [2.05, 4.69) is 5.16 Å². The van der Waals surface area contributed by atoms with Gasteiger partial charge in [0.25, 0.3) is 0 Å². The Morgan fingerprint density at radius 2 is 2.29 bits per heavy atom. The van der Waals surface area contributed by atoms with Crippen molar-refractivity contribution in [1.82, 2.24) is 5.16 Å². The van der Waals surface area contributed by atoms with Crippen LogP contribution in [0, 0.1) is 0 Å². The van der Waals surface area contributed by atoms with E-state index in [0.29, 0.717) is 17.2 Å². The molecule has 0 saturated carbocycles. The summed E-state index contributed by atoms with van der Waals surface area (Å²) in [6.45, 7) is 0.694. The number of halogens is 1. The molecule has 4 heteroatoms. The molecule has 0 amide bonds. The summed E-state index contributed by atoms with van der Waals surface area (Å²) in [6, 6.07) is 3.94. The van der Waals surface area contributed by atoms with E-state index in [4.69, 9.17) is 21.9 Å². The number of rotatable bonds is 3. The fourth-order valence-corrected chi connectivity index (χ4v) is 1.74. The Balaban J connectivity index is 2.38. The molecular formula is C10H11ClN2O. The van der Waals surface area contributed by atoms with Gasteiger partial charge in [-0.25, -0.2) is 0 Å². The molecule has 74 valence electrons. The van der Waals surface area contributed by atoms with Crippen LogP contribution in [0.3, 0.4) is 0 Å². The second-order valence-electron chi connectivity index (χ2n) is 3.21. The smallest absolute Gasteiger partial charge is 0.185 e. The molecule has 2 rings (SSSR count). The number of hydrogen-bond acceptors (Lipinski definition) is 3. The van der Waals surface area contributed by atoms with Crippen LogP contribution in [0.15, 0.2) is 22.9 Å². The summed E-state index contributed by atoms with van der Waals surface area (Å²) in [7, 11) is 0. The molecule has 1 aromatic heterocycles. The molecule has 0 aliphatic rings. The molecule has 14 heavy (non-hydrogen) atoms. The lowest BCUT2D eigenvalue weighted by Crippen LogP contribution is -2.00. The van der Waals surface area contributed by atoms with Crippen LogP contribution in [0.4, 0.5) is 0 Å². The maximum absolute atomic E-state index is 6.02. The Morgan fingerprint density at radius 3 is 3.07 bits per heavy atom. The summed E-state index contributed by atoms with van der Waals surface area (Å²) in [6.07, 6.45) is 3.58. The molecule has 0 fully saturated rings. The number of aryl methyl sites for hydroxylation is 1. The van der Waals surface area contributed by atoms with Gasteiger partial charge in [-0.05, 0) is 37.1 Å². The number of nitrogens with two attached hydrogens (primary N) is 1. The van der Waals surface area contributed by atoms with Gasteiger partial charge in [0.15, 0.2) is 5.58 Å². The van der Waals surface area contributed by atoms with Crippen LogP contribution in [-0.4, -0.2) is 11.7 Å². The van der Waals surface area contributed by atoms with Gasteiger partial charge in [-0.1, -0.05) is 16.8 Å². The lowest BCUT2D eigenvalue weighted by Gasteiger charge is -2.00. The molecular weight excluding hydrogens is 200 g/mol. The van der Waals surface area contributed by atoms with Crippen molar-refractivity contribution in [3.63, 3.8) is 0 Å². The van der Waals surface area contributed by atoms with E-state index < -0.39 is 0 Å². The van der Waals surface area contributed by atoms with Gasteiger partial charge in [-0.15, -0.1) is 0 Å². The number of benzene rings is 1. The van der Waals surface area contributed by atoms with Crippen LogP contribution in [-0.2, 0) is 6.42 Å². The van der Waals surface area contributed by atoms with Gasteiger partial charge >= 0.3 is 0 Å². The Kier molecular flexibility index (Phi) is 2.70. The number of nitrogens with zero attached hydrogens (tertiary/aromatic N) is 1. The first-order chi connectivity index (χ1) is 6.81. The predicted molar refractivity (Wildman–Crippen MR) is 56.4 cm³/mol. The van der Waals surface area contributed by atoms with Gasteiger partial charge in [0.05, 0.1) is 11.2 Å². The highest BCUT2D eigenvalue weighted by atomic mass is 35.5. The third-order valence-electron chi connectivity index (χ3n) is 2.14. The van der Waals surface area contributed by atoms with Crippen molar-refractivity contribution in [1.29, 1.82) is 0 Å². The lowest BCUT2D eigenvalue weighted by atomic mass is 10.1. The van der Waals surface area contributed by atoms with Crippen molar-refractivity contribution in [3.05, 3.63) is 28.9 Å². The molecule has 0 unspecified atom stereocenters. The van der Waals surface area contributed by atoms with Crippen LogP contribution in [0.5, 0.6) is 0 Å². The minimum atomic E-state index is 0.618. The zero-order chi connectivity index (χ0) is 9.97. The minimum Gasteiger partial charge on any atom is -0.355 e. The normalized spacial score (nSPS) is 11.0. The summed E-state index contributed by atoms with van der Waals surface area (Å²) in [4.78, 5) is 0. The average molecular weight is 211 g/mol. The van der Waals surface area contributed by atoms with Crippen LogP contribution in [0.1, 0.15) is 12.0 Å². The molecule has 2 aromatic rings. The highest BCUT2D eigenvalue weighted by Crippen LogP contribution is 2.25.